The normalized spacial score (nSPS) is 12.0. The Morgan fingerprint density at radius 3 is 2.73 bits per heavy atom. The average Bonchev–Trinajstić information content (AvgIpc) is 2.45. The van der Waals surface area contributed by atoms with Crippen LogP contribution in [0.5, 0.6) is 17.2 Å². The number of hydrogen-bond acceptors (Lipinski definition) is 5. The van der Waals surface area contributed by atoms with Gasteiger partial charge in [-0.15, -0.1) is 0 Å². The van der Waals surface area contributed by atoms with Crippen molar-refractivity contribution in [1.29, 1.82) is 0 Å². The summed E-state index contributed by atoms with van der Waals surface area (Å²) in [4.78, 5) is 12.5. The summed E-state index contributed by atoms with van der Waals surface area (Å²) < 4.78 is 10.7. The fourth-order valence-electron chi connectivity index (χ4n) is 2.08. The van der Waals surface area contributed by atoms with Crippen LogP contribution >= 0.6 is 9.47 Å². The quantitative estimate of drug-likeness (QED) is 0.666. The van der Waals surface area contributed by atoms with E-state index in [1.54, 1.807) is 24.3 Å². The van der Waals surface area contributed by atoms with E-state index < -0.39 is 5.43 Å². The molecule has 1 unspecified atom stereocenters. The molecule has 22 heavy (non-hydrogen) atoms. The summed E-state index contributed by atoms with van der Waals surface area (Å²) in [5.74, 6) is -0.474. The van der Waals surface area contributed by atoms with Gasteiger partial charge in [-0.25, -0.2) is 0 Å². The van der Waals surface area contributed by atoms with Crippen LogP contribution < -0.4 is 9.95 Å². The minimum absolute atomic E-state index is 0.0579. The molecule has 0 fully saturated rings. The number of rotatable bonds is 4. The molecule has 1 atom stereocenters. The van der Waals surface area contributed by atoms with Crippen molar-refractivity contribution in [2.24, 2.45) is 0 Å². The van der Waals surface area contributed by atoms with E-state index in [0.717, 1.165) is 6.07 Å². The molecule has 2 rings (SSSR count). The lowest BCUT2D eigenvalue weighted by atomic mass is 10.1. The third-order valence-electron chi connectivity index (χ3n) is 2.94. The molecule has 0 saturated heterocycles. The minimum Gasteiger partial charge on any atom is -0.508 e. The topological polar surface area (TPSA) is 79.9 Å². The maximum atomic E-state index is 12.5. The number of phenols is 2. The second-order valence-corrected chi connectivity index (χ2v) is 4.64. The van der Waals surface area contributed by atoms with Gasteiger partial charge in [0.15, 0.2) is 5.76 Å². The fourth-order valence-corrected chi connectivity index (χ4v) is 2.29. The Kier molecular flexibility index (Phi) is 4.68. The first-order valence-electron chi connectivity index (χ1n) is 6.38. The van der Waals surface area contributed by atoms with Crippen LogP contribution in [0, 0.1) is 0 Å². The van der Waals surface area contributed by atoms with Gasteiger partial charge in [-0.3, -0.25) is 4.79 Å². The van der Waals surface area contributed by atoms with Crippen LogP contribution in [0.15, 0.2) is 52.2 Å². The number of allylic oxidation sites excluding steroid dienone is 5. The van der Waals surface area contributed by atoms with Crippen LogP contribution in [0.4, 0.5) is 0 Å². The molecule has 0 aliphatic heterocycles. The second-order valence-electron chi connectivity index (χ2n) is 4.40. The zero-order valence-corrected chi connectivity index (χ0v) is 13.0. The highest BCUT2D eigenvalue weighted by Gasteiger charge is 2.20. The first kappa shape index (κ1) is 15.9. The van der Waals surface area contributed by atoms with Crippen molar-refractivity contribution in [3.8, 4) is 17.2 Å². The molecule has 5 nitrogen and oxygen atoms in total. The first-order valence-corrected chi connectivity index (χ1v) is 6.86. The molecule has 0 amide bonds. The summed E-state index contributed by atoms with van der Waals surface area (Å²) in [6, 6.07) is 2.33. The first-order chi connectivity index (χ1) is 10.5. The van der Waals surface area contributed by atoms with E-state index in [9.17, 15) is 15.0 Å². The second kappa shape index (κ2) is 6.50. The van der Waals surface area contributed by atoms with Gasteiger partial charge in [0.05, 0.1) is 9.47 Å². The predicted molar refractivity (Wildman–Crippen MR) is 89.1 cm³/mol. The highest BCUT2D eigenvalue weighted by molar-refractivity contribution is 7.10. The van der Waals surface area contributed by atoms with Crippen molar-refractivity contribution in [3.63, 3.8) is 0 Å². The zero-order valence-electron chi connectivity index (χ0n) is 11.9. The number of fused-ring (bicyclic) bond motifs is 1. The maximum Gasteiger partial charge on any atom is 0.239 e. The van der Waals surface area contributed by atoms with Crippen molar-refractivity contribution in [3.05, 3.63) is 59.0 Å². The summed E-state index contributed by atoms with van der Waals surface area (Å²) in [7, 11) is 1.99. The third kappa shape index (κ3) is 2.76. The number of phenolic OH excluding ortho intramolecular Hbond substituents is 2. The summed E-state index contributed by atoms with van der Waals surface area (Å²) in [5, 5.41) is 19.4. The monoisotopic (exact) mass is 318 g/mol. The summed E-state index contributed by atoms with van der Waals surface area (Å²) >= 11 is 0. The molecule has 0 spiro atoms. The van der Waals surface area contributed by atoms with Crippen molar-refractivity contribution >= 4 is 26.0 Å². The molecule has 1 aromatic heterocycles. The third-order valence-corrected chi connectivity index (χ3v) is 3.18. The molecule has 0 aliphatic rings. The molecule has 0 bridgehead atoms. The Labute approximate surface area is 129 Å². The molecule has 6 heteroatoms. The summed E-state index contributed by atoms with van der Waals surface area (Å²) in [5.41, 5.74) is 0.0859. The van der Waals surface area contributed by atoms with Crippen LogP contribution in [-0.4, -0.2) is 10.2 Å². The Hall–Kier alpha value is -2.52. The van der Waals surface area contributed by atoms with Crippen LogP contribution in [0.1, 0.15) is 12.7 Å². The molecule has 1 aromatic carbocycles. The van der Waals surface area contributed by atoms with Gasteiger partial charge in [-0.1, -0.05) is 30.9 Å². The standard InChI is InChI=1S/C16H15O5P/c1-3-5-9(6-4-2)15-16(21-22)14(19)13-11(18)7-10(17)8-12(13)20-15/h3-8,17-18H,1,22H2,2H3/b6-4-,9-5+. The SMILES string of the molecule is C=C/C=C(\C=C/C)c1oc2cc(O)cc(O)c2c(=O)c1OP. The van der Waals surface area contributed by atoms with Crippen LogP contribution in [0.2, 0.25) is 0 Å². The molecule has 0 aliphatic carbocycles. The van der Waals surface area contributed by atoms with Gasteiger partial charge in [0, 0.05) is 17.7 Å². The molecule has 0 radical (unpaired) electrons. The van der Waals surface area contributed by atoms with E-state index in [1.807, 2.05) is 16.4 Å². The van der Waals surface area contributed by atoms with Crippen molar-refractivity contribution in [2.75, 3.05) is 0 Å². The lowest BCUT2D eigenvalue weighted by Gasteiger charge is -2.10. The van der Waals surface area contributed by atoms with E-state index in [2.05, 4.69) is 6.58 Å². The van der Waals surface area contributed by atoms with E-state index in [1.165, 1.54) is 6.07 Å². The Morgan fingerprint density at radius 1 is 1.41 bits per heavy atom. The summed E-state index contributed by atoms with van der Waals surface area (Å²) in [6.07, 6.45) is 6.69. The van der Waals surface area contributed by atoms with Gasteiger partial charge in [-0.2, -0.15) is 0 Å². The predicted octanol–water partition coefficient (Wildman–Crippen LogP) is 3.52. The van der Waals surface area contributed by atoms with Gasteiger partial charge in [0.2, 0.25) is 11.2 Å². The molecule has 2 aromatic rings. The number of benzene rings is 1. The summed E-state index contributed by atoms with van der Waals surface area (Å²) in [6.45, 7) is 5.44. The van der Waals surface area contributed by atoms with Crippen molar-refractivity contribution in [2.45, 2.75) is 6.92 Å². The Morgan fingerprint density at radius 2 is 2.14 bits per heavy atom. The number of aromatic hydroxyl groups is 2. The highest BCUT2D eigenvalue weighted by atomic mass is 31.0. The maximum absolute atomic E-state index is 12.5. The van der Waals surface area contributed by atoms with Crippen LogP contribution in [0.3, 0.4) is 0 Å². The van der Waals surface area contributed by atoms with Crippen LogP contribution in [0.25, 0.3) is 16.5 Å². The molecule has 2 N–H and O–H groups in total. The average molecular weight is 318 g/mol. The zero-order chi connectivity index (χ0) is 16.3. The van der Waals surface area contributed by atoms with E-state index >= 15 is 0 Å². The van der Waals surface area contributed by atoms with Gasteiger partial charge >= 0.3 is 0 Å². The van der Waals surface area contributed by atoms with Gasteiger partial charge in [0.1, 0.15) is 22.5 Å². The van der Waals surface area contributed by atoms with Gasteiger partial charge in [-0.05, 0) is 6.92 Å². The molecule has 1 heterocycles. The lowest BCUT2D eigenvalue weighted by molar-refractivity contribution is 0.450. The van der Waals surface area contributed by atoms with Crippen molar-refractivity contribution in [1.82, 2.24) is 0 Å². The molecular formula is C16H15O5P. The fraction of sp³-hybridized carbons (Fsp3) is 0.0625. The van der Waals surface area contributed by atoms with E-state index in [0.29, 0.717) is 5.57 Å². The Balaban J connectivity index is 2.94. The smallest absolute Gasteiger partial charge is 0.239 e. The van der Waals surface area contributed by atoms with Crippen LogP contribution in [-0.2, 0) is 0 Å². The highest BCUT2D eigenvalue weighted by Crippen LogP contribution is 2.34. The Bertz CT molecular complexity index is 846. The van der Waals surface area contributed by atoms with Gasteiger partial charge < -0.3 is 19.2 Å². The van der Waals surface area contributed by atoms with E-state index in [4.69, 9.17) is 8.94 Å². The van der Waals surface area contributed by atoms with Crippen molar-refractivity contribution < 1.29 is 19.2 Å². The largest absolute Gasteiger partial charge is 0.508 e. The lowest BCUT2D eigenvalue weighted by Crippen LogP contribution is -2.07. The molecule has 114 valence electrons. The molecular weight excluding hydrogens is 303 g/mol. The minimum atomic E-state index is -0.539. The van der Waals surface area contributed by atoms with E-state index in [-0.39, 0.29) is 34.0 Å². The number of hydrogen-bond donors (Lipinski definition) is 2. The van der Waals surface area contributed by atoms with Gasteiger partial charge in [0.25, 0.3) is 0 Å². The molecule has 0 saturated carbocycles.